The Morgan fingerprint density at radius 2 is 1.94 bits per heavy atom. The largest absolute Gasteiger partial charge is 0.349 e. The molecule has 0 bridgehead atoms. The number of aromatic nitrogens is 7. The first kappa shape index (κ1) is 23.9. The summed E-state index contributed by atoms with van der Waals surface area (Å²) >= 11 is 0. The fraction of sp³-hybridized carbons (Fsp3) is 0.520. The highest BCUT2D eigenvalue weighted by molar-refractivity contribution is 5.85. The Labute approximate surface area is 209 Å². The molecular formula is C25H32N10O. The summed E-state index contributed by atoms with van der Waals surface area (Å²) in [6.07, 6.45) is 5.57. The SMILES string of the molecule is CC[C@H]1CN([C@H](C)c2ccn3nc(C)cc3n2)[C@H](CC)CN1c1nc(=O)n(C)c2cn(CC#N)nc12. The van der Waals surface area contributed by atoms with Crippen LogP contribution in [0.2, 0.25) is 0 Å². The summed E-state index contributed by atoms with van der Waals surface area (Å²) < 4.78 is 4.88. The average Bonchev–Trinajstić information content (AvgIpc) is 3.47. The summed E-state index contributed by atoms with van der Waals surface area (Å²) in [6, 6.07) is 6.69. The molecule has 11 nitrogen and oxygen atoms in total. The van der Waals surface area contributed by atoms with E-state index in [9.17, 15) is 4.79 Å². The van der Waals surface area contributed by atoms with Crippen molar-refractivity contribution in [2.24, 2.45) is 7.05 Å². The monoisotopic (exact) mass is 488 g/mol. The molecule has 1 saturated heterocycles. The second kappa shape index (κ2) is 9.35. The number of nitrogens with zero attached hydrogens (tertiary/aromatic N) is 10. The van der Waals surface area contributed by atoms with E-state index < -0.39 is 0 Å². The van der Waals surface area contributed by atoms with E-state index in [1.807, 2.05) is 23.7 Å². The van der Waals surface area contributed by atoms with Crippen LogP contribution >= 0.6 is 0 Å². The van der Waals surface area contributed by atoms with Gasteiger partial charge in [-0.2, -0.15) is 20.4 Å². The molecule has 188 valence electrons. The highest BCUT2D eigenvalue weighted by Gasteiger charge is 2.37. The van der Waals surface area contributed by atoms with E-state index >= 15 is 0 Å². The molecule has 36 heavy (non-hydrogen) atoms. The number of rotatable bonds is 6. The molecule has 0 aromatic carbocycles. The van der Waals surface area contributed by atoms with Crippen LogP contribution in [0.5, 0.6) is 0 Å². The molecule has 4 aromatic rings. The molecule has 5 rings (SSSR count). The van der Waals surface area contributed by atoms with Crippen LogP contribution in [0.3, 0.4) is 0 Å². The molecule has 0 aliphatic carbocycles. The number of anilines is 1. The van der Waals surface area contributed by atoms with Crippen LogP contribution in [0.4, 0.5) is 5.82 Å². The number of hydrogen-bond donors (Lipinski definition) is 0. The molecule has 0 N–H and O–H groups in total. The molecule has 0 spiro atoms. The second-order valence-electron chi connectivity index (χ2n) is 9.59. The highest BCUT2D eigenvalue weighted by atomic mass is 16.1. The first-order valence-corrected chi connectivity index (χ1v) is 12.5. The van der Waals surface area contributed by atoms with Crippen LogP contribution < -0.4 is 10.6 Å². The highest BCUT2D eigenvalue weighted by Crippen LogP contribution is 2.33. The summed E-state index contributed by atoms with van der Waals surface area (Å²) in [6.45, 7) is 10.2. The quantitative estimate of drug-likeness (QED) is 0.407. The minimum Gasteiger partial charge on any atom is -0.349 e. The molecule has 1 aliphatic heterocycles. The molecular weight excluding hydrogens is 456 g/mol. The zero-order chi connectivity index (χ0) is 25.6. The lowest BCUT2D eigenvalue weighted by Gasteiger charge is -2.48. The number of aryl methyl sites for hydroxylation is 2. The fourth-order valence-corrected chi connectivity index (χ4v) is 5.32. The van der Waals surface area contributed by atoms with Crippen molar-refractivity contribution < 1.29 is 0 Å². The van der Waals surface area contributed by atoms with Crippen molar-refractivity contribution >= 4 is 22.5 Å². The zero-order valence-corrected chi connectivity index (χ0v) is 21.5. The third kappa shape index (κ3) is 4.01. The van der Waals surface area contributed by atoms with Crippen LogP contribution in [0, 0.1) is 18.3 Å². The van der Waals surface area contributed by atoms with Crippen molar-refractivity contribution in [3.8, 4) is 6.07 Å². The Hall–Kier alpha value is -3.78. The van der Waals surface area contributed by atoms with Gasteiger partial charge in [0.2, 0.25) is 0 Å². The van der Waals surface area contributed by atoms with Crippen LogP contribution in [-0.2, 0) is 13.6 Å². The average molecular weight is 489 g/mol. The predicted molar refractivity (Wildman–Crippen MR) is 137 cm³/mol. The Kier molecular flexibility index (Phi) is 6.22. The molecule has 0 saturated carbocycles. The third-order valence-corrected chi connectivity index (χ3v) is 7.38. The molecule has 3 atom stereocenters. The minimum absolute atomic E-state index is 0.121. The van der Waals surface area contributed by atoms with Gasteiger partial charge in [0.05, 0.1) is 29.2 Å². The predicted octanol–water partition coefficient (Wildman–Crippen LogP) is 2.45. The van der Waals surface area contributed by atoms with E-state index in [0.717, 1.165) is 43.0 Å². The van der Waals surface area contributed by atoms with E-state index in [1.165, 1.54) is 4.57 Å². The summed E-state index contributed by atoms with van der Waals surface area (Å²) in [5, 5.41) is 18.2. The lowest BCUT2D eigenvalue weighted by atomic mass is 9.99. The first-order chi connectivity index (χ1) is 17.3. The lowest BCUT2D eigenvalue weighted by Crippen LogP contribution is -2.59. The van der Waals surface area contributed by atoms with Gasteiger partial charge in [-0.05, 0) is 32.8 Å². The Bertz CT molecular complexity index is 1510. The Morgan fingerprint density at radius 1 is 1.17 bits per heavy atom. The maximum Gasteiger partial charge on any atom is 0.349 e. The van der Waals surface area contributed by atoms with Gasteiger partial charge in [0.15, 0.2) is 17.0 Å². The lowest BCUT2D eigenvalue weighted by molar-refractivity contribution is 0.0988. The summed E-state index contributed by atoms with van der Waals surface area (Å²) in [5.74, 6) is 0.608. The summed E-state index contributed by atoms with van der Waals surface area (Å²) in [7, 11) is 1.69. The summed E-state index contributed by atoms with van der Waals surface area (Å²) in [5.41, 5.74) is 3.85. The molecule has 11 heteroatoms. The van der Waals surface area contributed by atoms with Gasteiger partial charge in [-0.1, -0.05) is 13.8 Å². The number of hydrogen-bond acceptors (Lipinski definition) is 8. The first-order valence-electron chi connectivity index (χ1n) is 12.5. The Morgan fingerprint density at radius 3 is 2.67 bits per heavy atom. The van der Waals surface area contributed by atoms with Crippen LogP contribution in [0.15, 0.2) is 29.3 Å². The normalized spacial score (nSPS) is 19.7. The van der Waals surface area contributed by atoms with Crippen molar-refractivity contribution in [1.29, 1.82) is 5.26 Å². The van der Waals surface area contributed by atoms with Gasteiger partial charge in [-0.15, -0.1) is 0 Å². The van der Waals surface area contributed by atoms with Crippen molar-refractivity contribution in [3.05, 3.63) is 46.4 Å². The van der Waals surface area contributed by atoms with Crippen molar-refractivity contribution in [1.82, 2.24) is 38.8 Å². The minimum atomic E-state index is -0.318. The maximum absolute atomic E-state index is 12.8. The van der Waals surface area contributed by atoms with Crippen molar-refractivity contribution in [2.75, 3.05) is 18.0 Å². The number of nitriles is 1. The molecule has 0 amide bonds. The number of fused-ring (bicyclic) bond motifs is 2. The van der Waals surface area contributed by atoms with Gasteiger partial charge < -0.3 is 4.90 Å². The topological polar surface area (TPSA) is 113 Å². The number of piperazine rings is 1. The smallest absolute Gasteiger partial charge is 0.349 e. The van der Waals surface area contributed by atoms with Crippen LogP contribution in [-0.4, -0.2) is 64.0 Å². The van der Waals surface area contributed by atoms with E-state index in [-0.39, 0.29) is 30.4 Å². The second-order valence-corrected chi connectivity index (χ2v) is 9.59. The maximum atomic E-state index is 12.8. The van der Waals surface area contributed by atoms with Gasteiger partial charge in [-0.25, -0.2) is 14.3 Å². The standard InChI is InChI=1S/C25H32N10O/c1-6-18-14-34(24-23-21(31(5)25(36)28-24)15-32(30-23)11-9-26)19(7-2)13-33(18)17(4)20-8-10-35-22(27-20)12-16(3)29-35/h8,10,12,15,17-19H,6-7,11,13-14H2,1-5H3/t17-,18-,19+/m1/s1. The van der Waals surface area contributed by atoms with Gasteiger partial charge in [-0.3, -0.25) is 14.1 Å². The van der Waals surface area contributed by atoms with Gasteiger partial charge in [0.25, 0.3) is 0 Å². The fourth-order valence-electron chi connectivity index (χ4n) is 5.32. The van der Waals surface area contributed by atoms with Gasteiger partial charge in [0.1, 0.15) is 6.54 Å². The molecule has 0 unspecified atom stereocenters. The summed E-state index contributed by atoms with van der Waals surface area (Å²) in [4.78, 5) is 26.9. The van der Waals surface area contributed by atoms with Crippen molar-refractivity contribution in [3.63, 3.8) is 0 Å². The molecule has 5 heterocycles. The Balaban J connectivity index is 1.50. The van der Waals surface area contributed by atoms with Crippen LogP contribution in [0.1, 0.15) is 51.0 Å². The molecule has 0 radical (unpaired) electrons. The van der Waals surface area contributed by atoms with E-state index in [2.05, 4.69) is 57.9 Å². The van der Waals surface area contributed by atoms with E-state index in [4.69, 9.17) is 10.2 Å². The van der Waals surface area contributed by atoms with Gasteiger partial charge >= 0.3 is 5.69 Å². The van der Waals surface area contributed by atoms with E-state index in [1.54, 1.807) is 17.9 Å². The molecule has 1 fully saturated rings. The van der Waals surface area contributed by atoms with Crippen molar-refractivity contribution in [2.45, 2.75) is 65.2 Å². The molecule has 1 aliphatic rings. The van der Waals surface area contributed by atoms with E-state index in [0.29, 0.717) is 16.9 Å². The zero-order valence-electron chi connectivity index (χ0n) is 21.5. The third-order valence-electron chi connectivity index (χ3n) is 7.38. The van der Waals surface area contributed by atoms with Gasteiger partial charge in [0, 0.05) is 50.5 Å². The molecule has 4 aromatic heterocycles. The van der Waals surface area contributed by atoms with Crippen LogP contribution in [0.25, 0.3) is 16.7 Å².